The lowest BCUT2D eigenvalue weighted by molar-refractivity contribution is 0.0785. The lowest BCUT2D eigenvalue weighted by Gasteiger charge is -2.16. The van der Waals surface area contributed by atoms with Gasteiger partial charge in [0.1, 0.15) is 0 Å². The van der Waals surface area contributed by atoms with Crippen molar-refractivity contribution in [2.75, 3.05) is 7.05 Å². The van der Waals surface area contributed by atoms with E-state index in [0.29, 0.717) is 18.7 Å². The van der Waals surface area contributed by atoms with E-state index in [1.807, 2.05) is 11.4 Å². The van der Waals surface area contributed by atoms with Gasteiger partial charge in [-0.1, -0.05) is 0 Å². The van der Waals surface area contributed by atoms with E-state index in [1.165, 1.54) is 23.3 Å². The minimum atomic E-state index is -1.58. The van der Waals surface area contributed by atoms with Gasteiger partial charge < -0.3 is 4.90 Å². The van der Waals surface area contributed by atoms with E-state index >= 15 is 0 Å². The molecule has 1 aromatic heterocycles. The smallest absolute Gasteiger partial charge is 0.254 e. The summed E-state index contributed by atoms with van der Waals surface area (Å²) in [4.78, 5) is 14.3. The first-order valence-electron chi connectivity index (χ1n) is 5.51. The Kier molecular flexibility index (Phi) is 4.49. The van der Waals surface area contributed by atoms with Gasteiger partial charge >= 0.3 is 0 Å². The zero-order valence-electron chi connectivity index (χ0n) is 10.3. The average Bonchev–Trinajstić information content (AvgIpc) is 2.79. The first kappa shape index (κ1) is 15.1. The Morgan fingerprint density at radius 2 is 1.85 bits per heavy atom. The molecule has 2 nitrogen and oxygen atoms in total. The van der Waals surface area contributed by atoms with Gasteiger partial charge in [0.2, 0.25) is 0 Å². The molecule has 0 fully saturated rings. The van der Waals surface area contributed by atoms with Gasteiger partial charge in [0, 0.05) is 27.3 Å². The second kappa shape index (κ2) is 5.97. The van der Waals surface area contributed by atoms with Crippen molar-refractivity contribution >= 4 is 33.2 Å². The zero-order chi connectivity index (χ0) is 14.9. The van der Waals surface area contributed by atoms with Crippen molar-refractivity contribution in [1.29, 1.82) is 0 Å². The van der Waals surface area contributed by atoms with E-state index < -0.39 is 23.4 Å². The highest BCUT2D eigenvalue weighted by molar-refractivity contribution is 9.10. The van der Waals surface area contributed by atoms with Crippen LogP contribution < -0.4 is 0 Å². The highest BCUT2D eigenvalue weighted by Gasteiger charge is 2.18. The summed E-state index contributed by atoms with van der Waals surface area (Å²) in [6.07, 6.45) is 0. The predicted octanol–water partition coefficient (Wildman–Crippen LogP) is 4.20. The van der Waals surface area contributed by atoms with Gasteiger partial charge in [0.15, 0.2) is 17.5 Å². The van der Waals surface area contributed by atoms with Crippen molar-refractivity contribution in [3.8, 4) is 0 Å². The number of halogens is 4. The molecule has 0 saturated heterocycles. The summed E-state index contributed by atoms with van der Waals surface area (Å²) < 4.78 is 40.0. The van der Waals surface area contributed by atoms with E-state index in [4.69, 9.17) is 0 Å². The molecule has 1 heterocycles. The molecular weight excluding hydrogens is 355 g/mol. The van der Waals surface area contributed by atoms with Crippen molar-refractivity contribution in [1.82, 2.24) is 4.90 Å². The van der Waals surface area contributed by atoms with Crippen LogP contribution in [0.4, 0.5) is 13.2 Å². The normalized spacial score (nSPS) is 10.7. The quantitative estimate of drug-likeness (QED) is 0.748. The summed E-state index contributed by atoms with van der Waals surface area (Å²) in [5, 5.41) is 1.87. The Balaban J connectivity index is 2.18. The highest BCUT2D eigenvalue weighted by atomic mass is 79.9. The van der Waals surface area contributed by atoms with Gasteiger partial charge in [-0.2, -0.15) is 0 Å². The molecular formula is C13H9BrF3NOS. The molecule has 7 heteroatoms. The van der Waals surface area contributed by atoms with E-state index in [9.17, 15) is 18.0 Å². The zero-order valence-corrected chi connectivity index (χ0v) is 12.7. The fourth-order valence-corrected chi connectivity index (χ4v) is 3.15. The fourth-order valence-electron chi connectivity index (χ4n) is 1.64. The van der Waals surface area contributed by atoms with Crippen LogP contribution in [0.2, 0.25) is 0 Å². The maximum atomic E-state index is 13.1. The summed E-state index contributed by atoms with van der Waals surface area (Å²) in [7, 11) is 1.51. The topological polar surface area (TPSA) is 20.3 Å². The number of benzene rings is 1. The number of rotatable bonds is 3. The second-order valence-electron chi connectivity index (χ2n) is 4.15. The maximum absolute atomic E-state index is 13.1. The van der Waals surface area contributed by atoms with Crippen molar-refractivity contribution < 1.29 is 18.0 Å². The molecule has 1 aromatic carbocycles. The van der Waals surface area contributed by atoms with Crippen LogP contribution in [0.5, 0.6) is 0 Å². The first-order valence-corrected chi connectivity index (χ1v) is 7.18. The lowest BCUT2D eigenvalue weighted by Crippen LogP contribution is -2.26. The van der Waals surface area contributed by atoms with Gasteiger partial charge in [-0.05, 0) is 34.1 Å². The third-order valence-electron chi connectivity index (χ3n) is 2.59. The summed E-state index contributed by atoms with van der Waals surface area (Å²) in [6, 6.07) is 3.24. The summed E-state index contributed by atoms with van der Waals surface area (Å²) >= 11 is 4.75. The largest absolute Gasteiger partial charge is 0.337 e. The van der Waals surface area contributed by atoms with Crippen molar-refractivity contribution in [3.63, 3.8) is 0 Å². The van der Waals surface area contributed by atoms with Crippen molar-refractivity contribution in [2.24, 2.45) is 0 Å². The number of thiophene rings is 1. The number of carbonyl (C=O) groups excluding carboxylic acids is 1. The lowest BCUT2D eigenvalue weighted by atomic mass is 10.2. The van der Waals surface area contributed by atoms with Gasteiger partial charge in [0.05, 0.1) is 6.54 Å². The van der Waals surface area contributed by atoms with E-state index in [1.54, 1.807) is 0 Å². The molecule has 0 bridgehead atoms. The summed E-state index contributed by atoms with van der Waals surface area (Å²) in [5.74, 6) is -4.90. The molecule has 0 spiro atoms. The standard InChI is InChI=1S/C13H9BrF3NOS/c1-18(5-9-4-8(14)6-20-9)13(19)7-2-10(15)12(17)11(16)3-7/h2-4,6H,5H2,1H3. The van der Waals surface area contributed by atoms with Crippen molar-refractivity contribution in [2.45, 2.75) is 6.54 Å². The van der Waals surface area contributed by atoms with Gasteiger partial charge in [-0.25, -0.2) is 13.2 Å². The fraction of sp³-hybridized carbons (Fsp3) is 0.154. The minimum absolute atomic E-state index is 0.223. The van der Waals surface area contributed by atoms with E-state index in [2.05, 4.69) is 15.9 Å². The van der Waals surface area contributed by atoms with Gasteiger partial charge in [-0.3, -0.25) is 4.79 Å². The Morgan fingerprint density at radius 3 is 2.35 bits per heavy atom. The molecule has 20 heavy (non-hydrogen) atoms. The summed E-state index contributed by atoms with van der Waals surface area (Å²) in [6.45, 7) is 0.301. The van der Waals surface area contributed by atoms with E-state index in [0.717, 1.165) is 9.35 Å². The molecule has 0 N–H and O–H groups in total. The summed E-state index contributed by atoms with van der Waals surface area (Å²) in [5.41, 5.74) is -0.223. The third kappa shape index (κ3) is 3.21. The maximum Gasteiger partial charge on any atom is 0.254 e. The number of carbonyl (C=O) groups is 1. The molecule has 0 unspecified atom stereocenters. The predicted molar refractivity (Wildman–Crippen MR) is 74.1 cm³/mol. The Morgan fingerprint density at radius 1 is 1.25 bits per heavy atom. The van der Waals surface area contributed by atoms with Crippen LogP contribution in [-0.2, 0) is 6.54 Å². The highest BCUT2D eigenvalue weighted by Crippen LogP contribution is 2.22. The third-order valence-corrected chi connectivity index (χ3v) is 4.27. The Bertz CT molecular complexity index is 636. The molecule has 0 radical (unpaired) electrons. The number of hydrogen-bond donors (Lipinski definition) is 0. The number of hydrogen-bond acceptors (Lipinski definition) is 2. The Labute approximate surface area is 126 Å². The molecule has 1 amide bonds. The number of amides is 1. The monoisotopic (exact) mass is 363 g/mol. The molecule has 106 valence electrons. The Hall–Kier alpha value is -1.34. The molecule has 0 atom stereocenters. The van der Waals surface area contributed by atoms with Crippen molar-refractivity contribution in [3.05, 3.63) is 55.9 Å². The van der Waals surface area contributed by atoms with Crippen LogP contribution in [0.3, 0.4) is 0 Å². The van der Waals surface area contributed by atoms with Crippen LogP contribution in [0.25, 0.3) is 0 Å². The van der Waals surface area contributed by atoms with Gasteiger partial charge in [-0.15, -0.1) is 11.3 Å². The van der Waals surface area contributed by atoms with Gasteiger partial charge in [0.25, 0.3) is 5.91 Å². The number of nitrogens with zero attached hydrogens (tertiary/aromatic N) is 1. The molecule has 0 aliphatic heterocycles. The van der Waals surface area contributed by atoms with E-state index in [-0.39, 0.29) is 5.56 Å². The van der Waals surface area contributed by atoms with Crippen LogP contribution in [-0.4, -0.2) is 17.9 Å². The van der Waals surface area contributed by atoms with Crippen LogP contribution in [0, 0.1) is 17.5 Å². The van der Waals surface area contributed by atoms with Crippen LogP contribution in [0.1, 0.15) is 15.2 Å². The average molecular weight is 364 g/mol. The molecule has 2 aromatic rings. The van der Waals surface area contributed by atoms with Crippen LogP contribution in [0.15, 0.2) is 28.1 Å². The van der Waals surface area contributed by atoms with Crippen LogP contribution >= 0.6 is 27.3 Å². The molecule has 0 aliphatic rings. The second-order valence-corrected chi connectivity index (χ2v) is 6.06. The first-order chi connectivity index (χ1) is 9.38. The molecule has 2 rings (SSSR count). The SMILES string of the molecule is CN(Cc1cc(Br)cs1)C(=O)c1cc(F)c(F)c(F)c1. The molecule has 0 aliphatic carbocycles. The minimum Gasteiger partial charge on any atom is -0.337 e. The molecule has 0 saturated carbocycles.